The van der Waals surface area contributed by atoms with Gasteiger partial charge < -0.3 is 9.64 Å². The first kappa shape index (κ1) is 18.2. The fraction of sp³-hybridized carbons (Fsp3) is 0.333. The summed E-state index contributed by atoms with van der Waals surface area (Å²) < 4.78 is 7.19. The van der Waals surface area contributed by atoms with Gasteiger partial charge in [-0.05, 0) is 49.6 Å². The molecule has 0 spiro atoms. The van der Waals surface area contributed by atoms with Gasteiger partial charge in [0, 0.05) is 19.6 Å². The number of hydrogen-bond donors (Lipinski definition) is 0. The van der Waals surface area contributed by atoms with E-state index in [0.717, 1.165) is 17.5 Å². The van der Waals surface area contributed by atoms with Crippen molar-refractivity contribution in [3.63, 3.8) is 0 Å². The molecule has 0 saturated carbocycles. The summed E-state index contributed by atoms with van der Waals surface area (Å²) in [6.45, 7) is 5.47. The van der Waals surface area contributed by atoms with Crippen LogP contribution in [0, 0.1) is 0 Å². The van der Waals surface area contributed by atoms with E-state index < -0.39 is 12.1 Å². The summed E-state index contributed by atoms with van der Waals surface area (Å²) in [7, 11) is 0. The van der Waals surface area contributed by atoms with Crippen LogP contribution in [0.4, 0.5) is 0 Å². The lowest BCUT2D eigenvalue weighted by molar-refractivity contribution is -0.140. The number of nitrogens with zero attached hydrogens (tertiary/aromatic N) is 4. The molecule has 0 radical (unpaired) electrons. The van der Waals surface area contributed by atoms with Crippen LogP contribution in [0.1, 0.15) is 35.3 Å². The molecule has 3 aromatic rings. The molecule has 1 unspecified atom stereocenters. The minimum atomic E-state index is -0.847. The summed E-state index contributed by atoms with van der Waals surface area (Å²) in [5, 5.41) is 8.11. The molecule has 4 rings (SSSR count). The van der Waals surface area contributed by atoms with Crippen LogP contribution < -0.4 is 0 Å². The first-order valence-corrected chi connectivity index (χ1v) is 9.46. The van der Waals surface area contributed by atoms with Gasteiger partial charge in [-0.3, -0.25) is 4.79 Å². The van der Waals surface area contributed by atoms with Crippen LogP contribution in [-0.4, -0.2) is 44.4 Å². The summed E-state index contributed by atoms with van der Waals surface area (Å²) in [5.74, 6) is -0.716. The molecule has 2 aromatic carbocycles. The quantitative estimate of drug-likeness (QED) is 0.652. The Morgan fingerprint density at radius 3 is 2.75 bits per heavy atom. The van der Waals surface area contributed by atoms with Crippen molar-refractivity contribution in [3.8, 4) is 0 Å². The normalized spacial score (nSPS) is 14.6. The predicted octanol–water partition coefficient (Wildman–Crippen LogP) is 2.58. The fourth-order valence-electron chi connectivity index (χ4n) is 3.55. The Morgan fingerprint density at radius 1 is 1.18 bits per heavy atom. The number of carbonyl (C=O) groups is 2. The number of carbonyl (C=O) groups excluding carboxylic acids is 2. The molecule has 1 amide bonds. The van der Waals surface area contributed by atoms with Gasteiger partial charge >= 0.3 is 5.97 Å². The van der Waals surface area contributed by atoms with Gasteiger partial charge in [-0.25, -0.2) is 9.48 Å². The lowest BCUT2D eigenvalue weighted by Crippen LogP contribution is -2.42. The van der Waals surface area contributed by atoms with Crippen LogP contribution in [0.25, 0.3) is 11.0 Å². The van der Waals surface area contributed by atoms with E-state index in [9.17, 15) is 9.59 Å². The second-order valence-corrected chi connectivity index (χ2v) is 6.93. The average molecular weight is 378 g/mol. The first-order valence-electron chi connectivity index (χ1n) is 9.46. The van der Waals surface area contributed by atoms with E-state index in [-0.39, 0.29) is 5.91 Å². The van der Waals surface area contributed by atoms with Crippen LogP contribution in [0.2, 0.25) is 0 Å². The van der Waals surface area contributed by atoms with Gasteiger partial charge in [0.25, 0.3) is 5.91 Å². The van der Waals surface area contributed by atoms with Crippen molar-refractivity contribution in [2.24, 2.45) is 0 Å². The zero-order chi connectivity index (χ0) is 19.7. The van der Waals surface area contributed by atoms with E-state index in [2.05, 4.69) is 16.4 Å². The number of aromatic nitrogens is 3. The highest BCUT2D eigenvalue weighted by atomic mass is 16.5. The molecule has 2 heterocycles. The van der Waals surface area contributed by atoms with Crippen molar-refractivity contribution in [2.75, 3.05) is 6.54 Å². The summed E-state index contributed by atoms with van der Waals surface area (Å²) in [6.07, 6.45) is -0.0356. The van der Waals surface area contributed by atoms with Crippen molar-refractivity contribution in [1.29, 1.82) is 0 Å². The predicted molar refractivity (Wildman–Crippen MR) is 104 cm³/mol. The molecule has 28 heavy (non-hydrogen) atoms. The molecule has 7 nitrogen and oxygen atoms in total. The molecule has 144 valence electrons. The van der Waals surface area contributed by atoms with Crippen LogP contribution in [0.15, 0.2) is 42.5 Å². The standard InChI is InChI=1S/C21H22N4O3/c1-3-25-19-9-8-16(12-18(19)22-23-25)21(27)28-14(2)20(26)24-11-10-15-6-4-5-7-17(15)13-24/h4-9,12,14H,3,10-11,13H2,1-2H3. The molecule has 1 aliphatic rings. The van der Waals surface area contributed by atoms with Crippen molar-refractivity contribution in [3.05, 3.63) is 59.2 Å². The number of benzene rings is 2. The van der Waals surface area contributed by atoms with Gasteiger partial charge in [0.2, 0.25) is 0 Å². The number of ether oxygens (including phenoxy) is 1. The molecule has 0 saturated heterocycles. The second kappa shape index (κ2) is 7.42. The maximum Gasteiger partial charge on any atom is 0.338 e. The Hall–Kier alpha value is -3.22. The van der Waals surface area contributed by atoms with Gasteiger partial charge in [0.15, 0.2) is 6.10 Å². The van der Waals surface area contributed by atoms with Gasteiger partial charge in [-0.15, -0.1) is 5.10 Å². The van der Waals surface area contributed by atoms with Crippen LogP contribution in [-0.2, 0) is 29.0 Å². The van der Waals surface area contributed by atoms with E-state index >= 15 is 0 Å². The molecule has 0 aliphatic carbocycles. The van der Waals surface area contributed by atoms with E-state index in [0.29, 0.717) is 30.7 Å². The minimum absolute atomic E-state index is 0.180. The summed E-state index contributed by atoms with van der Waals surface area (Å²) in [6, 6.07) is 13.2. The SMILES string of the molecule is CCn1nnc2cc(C(=O)OC(C)C(=O)N3CCc4ccccc4C3)ccc21. The average Bonchev–Trinajstić information content (AvgIpc) is 3.15. The highest BCUT2D eigenvalue weighted by Gasteiger charge is 2.27. The molecule has 7 heteroatoms. The lowest BCUT2D eigenvalue weighted by atomic mass is 9.99. The largest absolute Gasteiger partial charge is 0.449 e. The maximum absolute atomic E-state index is 12.8. The van der Waals surface area contributed by atoms with Crippen molar-refractivity contribution in [2.45, 2.75) is 39.5 Å². The van der Waals surface area contributed by atoms with Crippen molar-refractivity contribution in [1.82, 2.24) is 19.9 Å². The maximum atomic E-state index is 12.8. The minimum Gasteiger partial charge on any atom is -0.449 e. The summed E-state index contributed by atoms with van der Waals surface area (Å²) >= 11 is 0. The van der Waals surface area contributed by atoms with E-state index in [4.69, 9.17) is 4.74 Å². The molecule has 1 atom stereocenters. The molecular weight excluding hydrogens is 356 g/mol. The van der Waals surface area contributed by atoms with Crippen LogP contribution >= 0.6 is 0 Å². The zero-order valence-electron chi connectivity index (χ0n) is 16.0. The lowest BCUT2D eigenvalue weighted by Gasteiger charge is -2.30. The van der Waals surface area contributed by atoms with Gasteiger partial charge in [-0.2, -0.15) is 0 Å². The first-order chi connectivity index (χ1) is 13.6. The molecule has 0 N–H and O–H groups in total. The Balaban J connectivity index is 1.43. The number of esters is 1. The smallest absolute Gasteiger partial charge is 0.338 e. The Labute approximate surface area is 162 Å². The number of aryl methyl sites for hydroxylation is 1. The van der Waals surface area contributed by atoms with Crippen LogP contribution in [0.3, 0.4) is 0 Å². The number of hydrogen-bond acceptors (Lipinski definition) is 5. The van der Waals surface area contributed by atoms with Gasteiger partial charge in [0.1, 0.15) is 5.52 Å². The van der Waals surface area contributed by atoms with Crippen LogP contribution in [0.5, 0.6) is 0 Å². The summed E-state index contributed by atoms with van der Waals surface area (Å²) in [4.78, 5) is 27.0. The topological polar surface area (TPSA) is 77.3 Å². The second-order valence-electron chi connectivity index (χ2n) is 6.93. The Kier molecular flexibility index (Phi) is 4.81. The third-order valence-corrected chi connectivity index (χ3v) is 5.12. The van der Waals surface area contributed by atoms with Crippen molar-refractivity contribution < 1.29 is 14.3 Å². The van der Waals surface area contributed by atoms with Crippen molar-refractivity contribution >= 4 is 22.9 Å². The van der Waals surface area contributed by atoms with E-state index in [1.807, 2.05) is 25.1 Å². The molecule has 0 bridgehead atoms. The monoisotopic (exact) mass is 378 g/mol. The highest BCUT2D eigenvalue weighted by molar-refractivity contribution is 5.95. The molecule has 1 aromatic heterocycles. The molecule has 0 fully saturated rings. The molecular formula is C21H22N4O3. The van der Waals surface area contributed by atoms with Gasteiger partial charge in [-0.1, -0.05) is 29.5 Å². The highest BCUT2D eigenvalue weighted by Crippen LogP contribution is 2.20. The third kappa shape index (κ3) is 3.35. The third-order valence-electron chi connectivity index (χ3n) is 5.12. The van der Waals surface area contributed by atoms with E-state index in [1.54, 1.807) is 34.7 Å². The zero-order valence-corrected chi connectivity index (χ0v) is 16.0. The number of amides is 1. The van der Waals surface area contributed by atoms with E-state index in [1.165, 1.54) is 5.56 Å². The number of rotatable bonds is 4. The summed E-state index contributed by atoms with van der Waals surface area (Å²) in [5.41, 5.74) is 4.26. The number of fused-ring (bicyclic) bond motifs is 2. The molecule has 1 aliphatic heterocycles. The van der Waals surface area contributed by atoms with Gasteiger partial charge in [0.05, 0.1) is 11.1 Å². The Bertz CT molecular complexity index is 1040. The fourth-order valence-corrected chi connectivity index (χ4v) is 3.55. The Morgan fingerprint density at radius 2 is 1.96 bits per heavy atom.